The summed E-state index contributed by atoms with van der Waals surface area (Å²) in [7, 11) is -3.37. The van der Waals surface area contributed by atoms with Gasteiger partial charge in [0.25, 0.3) is 0 Å². The van der Waals surface area contributed by atoms with Gasteiger partial charge in [-0.1, -0.05) is 78.9 Å². The van der Waals surface area contributed by atoms with E-state index in [4.69, 9.17) is 4.98 Å². The Balaban J connectivity index is 1.81. The number of aromatic nitrogens is 1. The van der Waals surface area contributed by atoms with Crippen LogP contribution in [-0.2, 0) is 26.8 Å². The molecule has 0 radical (unpaired) electrons. The fourth-order valence-corrected chi connectivity index (χ4v) is 4.89. The van der Waals surface area contributed by atoms with Crippen LogP contribution in [-0.4, -0.2) is 25.6 Å². The summed E-state index contributed by atoms with van der Waals surface area (Å²) in [6.45, 7) is 1.94. The number of nitrogens with zero attached hydrogens (tertiary/aromatic N) is 1. The van der Waals surface area contributed by atoms with Gasteiger partial charge in [0.15, 0.2) is 9.84 Å². The molecule has 1 aromatic heterocycles. The molecule has 5 nitrogen and oxygen atoms in total. The van der Waals surface area contributed by atoms with Gasteiger partial charge in [-0.3, -0.25) is 4.79 Å². The Hall–Kier alpha value is -3.51. The van der Waals surface area contributed by atoms with Crippen molar-refractivity contribution < 1.29 is 13.2 Å². The lowest BCUT2D eigenvalue weighted by molar-refractivity contribution is -0.121. The van der Waals surface area contributed by atoms with E-state index >= 15 is 0 Å². The standard InChI is InChI=1S/C27H26N2O3S/c1-19(20-11-5-3-6-12-20)28-26(30)17-23-22-15-9-10-16-25(22)29-27(21-13-7-4-8-14-21)24(23)18-33(2,31)32/h3-16,19H,17-18H2,1-2H3,(H,28,30). The Morgan fingerprint density at radius 1 is 0.879 bits per heavy atom. The number of sulfone groups is 1. The van der Waals surface area contributed by atoms with E-state index in [0.29, 0.717) is 16.8 Å². The van der Waals surface area contributed by atoms with Crippen LogP contribution < -0.4 is 5.32 Å². The number of para-hydroxylation sites is 1. The molecule has 0 fully saturated rings. The predicted molar refractivity (Wildman–Crippen MR) is 132 cm³/mol. The summed E-state index contributed by atoms with van der Waals surface area (Å²) < 4.78 is 24.8. The van der Waals surface area contributed by atoms with Crippen LogP contribution >= 0.6 is 0 Å². The maximum absolute atomic E-state index is 13.1. The average Bonchev–Trinajstić information content (AvgIpc) is 2.80. The number of fused-ring (bicyclic) bond motifs is 1. The number of rotatable bonds is 7. The molecule has 0 bridgehead atoms. The Bertz CT molecular complexity index is 1390. The van der Waals surface area contributed by atoms with E-state index in [-0.39, 0.29) is 24.1 Å². The number of benzene rings is 3. The molecule has 1 heterocycles. The molecule has 0 aliphatic heterocycles. The second-order valence-electron chi connectivity index (χ2n) is 8.25. The van der Waals surface area contributed by atoms with Gasteiger partial charge < -0.3 is 5.32 Å². The highest BCUT2D eigenvalue weighted by atomic mass is 32.2. The molecule has 4 rings (SSSR count). The van der Waals surface area contributed by atoms with E-state index in [9.17, 15) is 13.2 Å². The zero-order valence-electron chi connectivity index (χ0n) is 18.7. The van der Waals surface area contributed by atoms with Crippen LogP contribution in [0.15, 0.2) is 84.9 Å². The highest BCUT2D eigenvalue weighted by Crippen LogP contribution is 2.32. The molecule has 1 unspecified atom stereocenters. The number of hydrogen-bond acceptors (Lipinski definition) is 4. The summed E-state index contributed by atoms with van der Waals surface area (Å²) in [5.74, 6) is -0.359. The van der Waals surface area contributed by atoms with Crippen molar-refractivity contribution in [2.24, 2.45) is 0 Å². The molecule has 0 aliphatic rings. The lowest BCUT2D eigenvalue weighted by Gasteiger charge is -2.19. The zero-order valence-corrected chi connectivity index (χ0v) is 19.5. The quantitative estimate of drug-likeness (QED) is 0.429. The number of carbonyl (C=O) groups is 1. The molecule has 1 N–H and O–H groups in total. The summed E-state index contributed by atoms with van der Waals surface area (Å²) in [5, 5.41) is 3.84. The van der Waals surface area contributed by atoms with Gasteiger partial charge in [0.1, 0.15) is 0 Å². The van der Waals surface area contributed by atoms with Gasteiger partial charge in [0.05, 0.1) is 29.4 Å². The lowest BCUT2D eigenvalue weighted by Crippen LogP contribution is -2.28. The van der Waals surface area contributed by atoms with Gasteiger partial charge in [-0.25, -0.2) is 13.4 Å². The fourth-order valence-electron chi connectivity index (χ4n) is 4.05. The van der Waals surface area contributed by atoms with E-state index in [1.807, 2.05) is 91.9 Å². The topological polar surface area (TPSA) is 76.1 Å². The third kappa shape index (κ3) is 5.46. The minimum Gasteiger partial charge on any atom is -0.349 e. The molecule has 3 aromatic carbocycles. The summed E-state index contributed by atoms with van der Waals surface area (Å²) in [5.41, 5.74) is 4.42. The van der Waals surface area contributed by atoms with Crippen LogP contribution in [0.25, 0.3) is 22.2 Å². The first kappa shape index (κ1) is 22.7. The zero-order chi connectivity index (χ0) is 23.4. The van der Waals surface area contributed by atoms with E-state index in [2.05, 4.69) is 5.32 Å². The Morgan fingerprint density at radius 3 is 2.15 bits per heavy atom. The van der Waals surface area contributed by atoms with E-state index in [1.165, 1.54) is 6.26 Å². The molecule has 6 heteroatoms. The summed E-state index contributed by atoms with van der Waals surface area (Å²) in [6.07, 6.45) is 1.27. The van der Waals surface area contributed by atoms with Gasteiger partial charge in [-0.05, 0) is 29.7 Å². The minimum absolute atomic E-state index is 0.0604. The van der Waals surface area contributed by atoms with Crippen molar-refractivity contribution in [1.29, 1.82) is 0 Å². The van der Waals surface area contributed by atoms with Gasteiger partial charge in [-0.15, -0.1) is 0 Å². The van der Waals surface area contributed by atoms with Gasteiger partial charge >= 0.3 is 0 Å². The highest BCUT2D eigenvalue weighted by Gasteiger charge is 2.22. The summed E-state index contributed by atoms with van der Waals surface area (Å²) in [4.78, 5) is 17.9. The lowest BCUT2D eigenvalue weighted by atomic mass is 9.95. The van der Waals surface area contributed by atoms with Crippen LogP contribution in [0.5, 0.6) is 0 Å². The Morgan fingerprint density at radius 2 is 1.48 bits per heavy atom. The monoisotopic (exact) mass is 458 g/mol. The molecule has 0 aliphatic carbocycles. The molecular weight excluding hydrogens is 432 g/mol. The minimum atomic E-state index is -3.37. The number of pyridine rings is 1. The van der Waals surface area contributed by atoms with Gasteiger partial charge in [-0.2, -0.15) is 0 Å². The van der Waals surface area contributed by atoms with Crippen molar-refractivity contribution in [2.75, 3.05) is 6.26 Å². The molecular formula is C27H26N2O3S. The molecule has 4 aromatic rings. The highest BCUT2D eigenvalue weighted by molar-refractivity contribution is 7.89. The first-order valence-electron chi connectivity index (χ1n) is 10.8. The maximum atomic E-state index is 13.1. The van der Waals surface area contributed by atoms with Gasteiger partial charge in [0.2, 0.25) is 5.91 Å². The van der Waals surface area contributed by atoms with Crippen molar-refractivity contribution in [2.45, 2.75) is 25.1 Å². The Kier molecular flexibility index (Phi) is 6.56. The van der Waals surface area contributed by atoms with Crippen LogP contribution in [0, 0.1) is 0 Å². The van der Waals surface area contributed by atoms with Crippen molar-refractivity contribution in [3.8, 4) is 11.3 Å². The van der Waals surface area contributed by atoms with E-state index in [0.717, 1.165) is 22.0 Å². The molecule has 0 saturated heterocycles. The van der Waals surface area contributed by atoms with Crippen molar-refractivity contribution >= 4 is 26.6 Å². The third-order valence-corrected chi connectivity index (χ3v) is 6.39. The smallest absolute Gasteiger partial charge is 0.224 e. The largest absolute Gasteiger partial charge is 0.349 e. The summed E-state index contributed by atoms with van der Waals surface area (Å²) >= 11 is 0. The number of nitrogens with one attached hydrogen (secondary N) is 1. The van der Waals surface area contributed by atoms with Crippen molar-refractivity contribution in [1.82, 2.24) is 10.3 Å². The SMILES string of the molecule is CC(NC(=O)Cc1c(CS(C)(=O)=O)c(-c2ccccc2)nc2ccccc12)c1ccccc1. The van der Waals surface area contributed by atoms with Gasteiger partial charge in [0, 0.05) is 17.2 Å². The first-order chi connectivity index (χ1) is 15.8. The molecule has 1 amide bonds. The Labute approximate surface area is 194 Å². The molecule has 33 heavy (non-hydrogen) atoms. The average molecular weight is 459 g/mol. The number of amides is 1. The second kappa shape index (κ2) is 9.55. The molecule has 0 spiro atoms. The fraction of sp³-hybridized carbons (Fsp3) is 0.185. The normalized spacial score (nSPS) is 12.4. The van der Waals surface area contributed by atoms with E-state index in [1.54, 1.807) is 0 Å². The van der Waals surface area contributed by atoms with Crippen LogP contribution in [0.3, 0.4) is 0 Å². The van der Waals surface area contributed by atoms with Crippen molar-refractivity contribution in [3.05, 3.63) is 102 Å². The molecule has 1 atom stereocenters. The maximum Gasteiger partial charge on any atom is 0.224 e. The third-order valence-electron chi connectivity index (χ3n) is 5.58. The van der Waals surface area contributed by atoms with Crippen LogP contribution in [0.4, 0.5) is 0 Å². The summed E-state index contributed by atoms with van der Waals surface area (Å²) in [6, 6.07) is 26.6. The number of hydrogen-bond donors (Lipinski definition) is 1. The van der Waals surface area contributed by atoms with E-state index < -0.39 is 9.84 Å². The second-order valence-corrected chi connectivity index (χ2v) is 10.4. The number of carbonyl (C=O) groups excluding carboxylic acids is 1. The molecule has 0 saturated carbocycles. The predicted octanol–water partition coefficient (Wildman–Crippen LogP) is 4.87. The van der Waals surface area contributed by atoms with Crippen LogP contribution in [0.1, 0.15) is 29.7 Å². The molecule has 168 valence electrons. The first-order valence-corrected chi connectivity index (χ1v) is 12.9. The van der Waals surface area contributed by atoms with Crippen LogP contribution in [0.2, 0.25) is 0 Å². The van der Waals surface area contributed by atoms with Crippen molar-refractivity contribution in [3.63, 3.8) is 0 Å².